The minimum Gasteiger partial charge on any atom is -0.333 e. The van der Waals surface area contributed by atoms with Crippen LogP contribution in [0.25, 0.3) is 61.5 Å². The number of hydrogen-bond donors (Lipinski definition) is 0. The molecule has 3 nitrogen and oxygen atoms in total. The van der Waals surface area contributed by atoms with Crippen LogP contribution in [-0.4, -0.2) is 4.57 Å². The van der Waals surface area contributed by atoms with Crippen molar-refractivity contribution in [2.45, 2.75) is 25.8 Å². The van der Waals surface area contributed by atoms with E-state index in [1.165, 1.54) is 55.5 Å². The predicted molar refractivity (Wildman–Crippen MR) is 297 cm³/mol. The molecule has 0 N–H and O–H groups in total. The average Bonchev–Trinajstić information content (AvgIpc) is 3.75. The van der Waals surface area contributed by atoms with Gasteiger partial charge in [-0.3, -0.25) is 0 Å². The van der Waals surface area contributed by atoms with Gasteiger partial charge in [0, 0.05) is 45.2 Å². The highest BCUT2D eigenvalue weighted by Gasteiger charge is 2.25. The first-order chi connectivity index (χ1) is 34.6. The van der Waals surface area contributed by atoms with Crippen molar-refractivity contribution >= 4 is 51.1 Å². The van der Waals surface area contributed by atoms with Gasteiger partial charge < -0.3 is 14.4 Å². The minimum absolute atomic E-state index is 0.265. The molecule has 3 heteroatoms. The zero-order chi connectivity index (χ0) is 46.8. The first-order valence-electron chi connectivity index (χ1n) is 24.6. The van der Waals surface area contributed by atoms with Crippen LogP contribution >= 0.6 is 0 Å². The molecule has 0 radical (unpaired) electrons. The number of benzene rings is 9. The van der Waals surface area contributed by atoms with Gasteiger partial charge in [0.15, 0.2) is 0 Å². The zero-order valence-electron chi connectivity index (χ0n) is 39.3. The molecule has 336 valence electrons. The summed E-state index contributed by atoms with van der Waals surface area (Å²) in [7, 11) is 0. The fourth-order valence-electron chi connectivity index (χ4n) is 10.5. The fraction of sp³-hybridized carbons (Fsp3) is 0.0746. The third kappa shape index (κ3) is 8.37. The Morgan fingerprint density at radius 2 is 0.757 bits per heavy atom. The van der Waals surface area contributed by atoms with Crippen LogP contribution in [0.1, 0.15) is 30.6 Å². The standard InChI is InChI=1S/C67H53N3/c1-48-22-45-66-65(46-48)64-44-43-63(47-67(64)70(66)57-20-12-5-13-21-57)69(61-39-27-54(28-40-61)51-18-10-4-11-19-51)62-41-31-56(32-42-62)55-29-37-60(38-30-55)68(58-33-23-52(24-34-58)49-14-6-2-7-15-49)59-35-25-53(26-36-59)50-16-8-3-9-17-50/h2-20,22-45,47-48,57H,21,46H2,1H3. The molecule has 0 saturated carbocycles. The van der Waals surface area contributed by atoms with Crippen molar-refractivity contribution in [3.05, 3.63) is 272 Å². The van der Waals surface area contributed by atoms with Gasteiger partial charge in [-0.25, -0.2) is 0 Å². The second-order valence-electron chi connectivity index (χ2n) is 18.6. The third-order valence-electron chi connectivity index (χ3n) is 14.1. The summed E-state index contributed by atoms with van der Waals surface area (Å²) in [5, 5.41) is 1.35. The van der Waals surface area contributed by atoms with Gasteiger partial charge in [0.1, 0.15) is 0 Å². The Morgan fingerprint density at radius 3 is 1.14 bits per heavy atom. The lowest BCUT2D eigenvalue weighted by atomic mass is 9.93. The molecule has 9 aromatic carbocycles. The highest BCUT2D eigenvalue weighted by Crippen LogP contribution is 2.43. The lowest BCUT2D eigenvalue weighted by Crippen LogP contribution is -2.12. The number of anilines is 6. The highest BCUT2D eigenvalue weighted by molar-refractivity contribution is 5.94. The van der Waals surface area contributed by atoms with Crippen LogP contribution in [0.15, 0.2) is 261 Å². The summed E-state index contributed by atoms with van der Waals surface area (Å²) >= 11 is 0. The van der Waals surface area contributed by atoms with Crippen molar-refractivity contribution in [3.8, 4) is 44.5 Å². The summed E-state index contributed by atoms with van der Waals surface area (Å²) in [5.74, 6) is 0.511. The monoisotopic (exact) mass is 899 g/mol. The number of rotatable bonds is 11. The molecule has 2 atom stereocenters. The van der Waals surface area contributed by atoms with Gasteiger partial charge >= 0.3 is 0 Å². The van der Waals surface area contributed by atoms with Crippen LogP contribution in [0.4, 0.5) is 34.1 Å². The second kappa shape index (κ2) is 18.8. The van der Waals surface area contributed by atoms with Gasteiger partial charge in [0.05, 0.1) is 11.6 Å². The van der Waals surface area contributed by atoms with Crippen LogP contribution in [-0.2, 0) is 6.42 Å². The van der Waals surface area contributed by atoms with E-state index in [1.807, 2.05) is 0 Å². The molecule has 0 saturated heterocycles. The minimum atomic E-state index is 0.265. The summed E-state index contributed by atoms with van der Waals surface area (Å²) in [6.07, 6.45) is 15.8. The Morgan fingerprint density at radius 1 is 0.386 bits per heavy atom. The molecule has 0 amide bonds. The number of allylic oxidation sites excluding steroid dienone is 5. The molecular weight excluding hydrogens is 847 g/mol. The molecule has 0 spiro atoms. The molecule has 0 aliphatic heterocycles. The number of fused-ring (bicyclic) bond motifs is 3. The van der Waals surface area contributed by atoms with E-state index >= 15 is 0 Å². The quantitative estimate of drug-likeness (QED) is 0.128. The van der Waals surface area contributed by atoms with E-state index in [9.17, 15) is 0 Å². The van der Waals surface area contributed by atoms with Gasteiger partial charge in [0.25, 0.3) is 0 Å². The Balaban J connectivity index is 0.898. The third-order valence-corrected chi connectivity index (χ3v) is 14.1. The van der Waals surface area contributed by atoms with Crippen molar-refractivity contribution in [1.82, 2.24) is 4.57 Å². The van der Waals surface area contributed by atoms with Gasteiger partial charge in [-0.15, -0.1) is 0 Å². The van der Waals surface area contributed by atoms with Crippen LogP contribution in [0.2, 0.25) is 0 Å². The molecule has 2 aliphatic carbocycles. The molecule has 70 heavy (non-hydrogen) atoms. The first kappa shape index (κ1) is 42.7. The molecule has 1 aromatic heterocycles. The maximum Gasteiger partial charge on any atom is 0.0560 e. The lowest BCUT2D eigenvalue weighted by Gasteiger charge is -2.27. The predicted octanol–water partition coefficient (Wildman–Crippen LogP) is 18.5. The Bertz CT molecular complexity index is 3410. The summed E-state index contributed by atoms with van der Waals surface area (Å²) in [5.41, 5.74) is 20.3. The molecule has 10 aromatic rings. The van der Waals surface area contributed by atoms with Gasteiger partial charge in [-0.1, -0.05) is 195 Å². The van der Waals surface area contributed by atoms with Crippen LogP contribution in [0.3, 0.4) is 0 Å². The summed E-state index contributed by atoms with van der Waals surface area (Å²) in [6.45, 7) is 2.33. The van der Waals surface area contributed by atoms with E-state index in [2.05, 4.69) is 288 Å². The van der Waals surface area contributed by atoms with Crippen molar-refractivity contribution in [2.75, 3.05) is 9.80 Å². The topological polar surface area (TPSA) is 11.4 Å². The van der Waals surface area contributed by atoms with Crippen molar-refractivity contribution in [1.29, 1.82) is 0 Å². The van der Waals surface area contributed by atoms with Gasteiger partial charge in [0.2, 0.25) is 0 Å². The summed E-state index contributed by atoms with van der Waals surface area (Å²) < 4.78 is 2.58. The largest absolute Gasteiger partial charge is 0.333 e. The van der Waals surface area contributed by atoms with E-state index in [4.69, 9.17) is 0 Å². The molecule has 0 bridgehead atoms. The fourth-order valence-corrected chi connectivity index (χ4v) is 10.5. The molecule has 2 unspecified atom stereocenters. The summed E-state index contributed by atoms with van der Waals surface area (Å²) in [4.78, 5) is 4.76. The van der Waals surface area contributed by atoms with E-state index < -0.39 is 0 Å². The molecule has 12 rings (SSSR count). The van der Waals surface area contributed by atoms with Crippen LogP contribution < -0.4 is 9.80 Å². The van der Waals surface area contributed by atoms with Crippen LogP contribution in [0, 0.1) is 5.92 Å². The van der Waals surface area contributed by atoms with E-state index in [0.717, 1.165) is 58.1 Å². The maximum atomic E-state index is 2.58. The molecular formula is C67H53N3. The SMILES string of the molecule is CC1C=Cc2c(c3ccc(N(c4ccc(-c5ccccc5)cc4)c4ccc(-c5ccc(N(c6ccc(-c7ccccc7)cc6)c6ccc(-c7ccccc7)cc6)cc5)cc4)cc3n2C2C=CC=CC2)C1. The number of hydrogen-bond acceptors (Lipinski definition) is 2. The second-order valence-corrected chi connectivity index (χ2v) is 18.6. The normalized spacial score (nSPS) is 14.9. The van der Waals surface area contributed by atoms with Crippen molar-refractivity contribution < 1.29 is 0 Å². The van der Waals surface area contributed by atoms with Gasteiger partial charge in [-0.05, 0) is 148 Å². The molecule has 1 heterocycles. The van der Waals surface area contributed by atoms with Gasteiger partial charge in [-0.2, -0.15) is 0 Å². The number of nitrogens with zero attached hydrogens (tertiary/aromatic N) is 3. The van der Waals surface area contributed by atoms with Crippen molar-refractivity contribution in [2.24, 2.45) is 5.92 Å². The summed E-state index contributed by atoms with van der Waals surface area (Å²) in [6, 6.07) is 84.1. The highest BCUT2D eigenvalue weighted by atomic mass is 15.1. The number of aromatic nitrogens is 1. The molecule has 2 aliphatic rings. The zero-order valence-corrected chi connectivity index (χ0v) is 39.3. The van der Waals surface area contributed by atoms with Crippen LogP contribution in [0.5, 0.6) is 0 Å². The maximum absolute atomic E-state index is 2.58. The lowest BCUT2D eigenvalue weighted by molar-refractivity contribution is 0.615. The first-order valence-corrected chi connectivity index (χ1v) is 24.6. The smallest absolute Gasteiger partial charge is 0.0560 e. The average molecular weight is 900 g/mol. The van der Waals surface area contributed by atoms with E-state index in [0.29, 0.717) is 5.92 Å². The Kier molecular flexibility index (Phi) is 11.5. The Labute approximate surface area is 411 Å². The molecule has 0 fully saturated rings. The van der Waals surface area contributed by atoms with E-state index in [1.54, 1.807) is 0 Å². The van der Waals surface area contributed by atoms with Crippen molar-refractivity contribution in [3.63, 3.8) is 0 Å². The Hall–Kier alpha value is -8.66. The van der Waals surface area contributed by atoms with E-state index in [-0.39, 0.29) is 6.04 Å².